The molecular formula is C12H24N2. The Labute approximate surface area is 88.3 Å². The van der Waals surface area contributed by atoms with Crippen LogP contribution < -0.4 is 11.1 Å². The van der Waals surface area contributed by atoms with Crippen LogP contribution in [-0.2, 0) is 0 Å². The van der Waals surface area contributed by atoms with Crippen molar-refractivity contribution in [3.8, 4) is 0 Å². The molecule has 0 spiro atoms. The quantitative estimate of drug-likeness (QED) is 0.638. The number of allylic oxidation sites excluding steroid dienone is 2. The minimum atomic E-state index is -0.0746. The fraction of sp³-hybridized carbons (Fsp3) is 0.667. The predicted octanol–water partition coefficient (Wildman–Crippen LogP) is 2.08. The lowest BCUT2D eigenvalue weighted by Crippen LogP contribution is -2.44. The molecule has 2 nitrogen and oxygen atoms in total. The average Bonchev–Trinajstić information content (AvgIpc) is 2.17. The zero-order valence-electron chi connectivity index (χ0n) is 9.93. The summed E-state index contributed by atoms with van der Waals surface area (Å²) >= 11 is 0. The zero-order valence-corrected chi connectivity index (χ0v) is 9.93. The van der Waals surface area contributed by atoms with E-state index in [0.29, 0.717) is 12.5 Å². The first kappa shape index (κ1) is 13.4. The van der Waals surface area contributed by atoms with Crippen LogP contribution in [0.2, 0.25) is 0 Å². The summed E-state index contributed by atoms with van der Waals surface area (Å²) in [6.45, 7) is 10.9. The fourth-order valence-corrected chi connectivity index (χ4v) is 0.987. The maximum absolute atomic E-state index is 5.66. The van der Waals surface area contributed by atoms with Crippen LogP contribution in [0.4, 0.5) is 0 Å². The van der Waals surface area contributed by atoms with Crippen molar-refractivity contribution in [3.63, 3.8) is 0 Å². The largest absolute Gasteiger partial charge is 0.328 e. The SMILES string of the molecule is C=C(C)C(C)C/C=C\C(C)(CN)NC. The van der Waals surface area contributed by atoms with E-state index in [1.165, 1.54) is 5.57 Å². The van der Waals surface area contributed by atoms with Gasteiger partial charge in [0.25, 0.3) is 0 Å². The van der Waals surface area contributed by atoms with Crippen molar-refractivity contribution in [1.82, 2.24) is 5.32 Å². The second-order valence-corrected chi connectivity index (χ2v) is 4.26. The third-order valence-electron chi connectivity index (χ3n) is 2.81. The van der Waals surface area contributed by atoms with E-state index in [0.717, 1.165) is 6.42 Å². The smallest absolute Gasteiger partial charge is 0.0457 e. The molecule has 0 aromatic heterocycles. The van der Waals surface area contributed by atoms with Crippen molar-refractivity contribution < 1.29 is 0 Å². The highest BCUT2D eigenvalue weighted by Gasteiger charge is 2.14. The van der Waals surface area contributed by atoms with Gasteiger partial charge in [-0.3, -0.25) is 0 Å². The van der Waals surface area contributed by atoms with E-state index in [-0.39, 0.29) is 5.54 Å². The summed E-state index contributed by atoms with van der Waals surface area (Å²) in [6, 6.07) is 0. The number of nitrogens with two attached hydrogens (primary N) is 1. The Morgan fingerprint density at radius 1 is 1.64 bits per heavy atom. The summed E-state index contributed by atoms with van der Waals surface area (Å²) in [5, 5.41) is 3.20. The van der Waals surface area contributed by atoms with Crippen molar-refractivity contribution in [2.75, 3.05) is 13.6 Å². The topological polar surface area (TPSA) is 38.0 Å². The summed E-state index contributed by atoms with van der Waals surface area (Å²) in [5.74, 6) is 0.546. The highest BCUT2D eigenvalue weighted by molar-refractivity contribution is 5.06. The predicted molar refractivity (Wildman–Crippen MR) is 64.3 cm³/mol. The molecule has 0 rings (SSSR count). The molecule has 0 aliphatic rings. The highest BCUT2D eigenvalue weighted by Crippen LogP contribution is 2.13. The number of likely N-dealkylation sites (N-methyl/N-ethyl adjacent to an activating group) is 1. The lowest BCUT2D eigenvalue weighted by molar-refractivity contribution is 0.487. The molecular weight excluding hydrogens is 172 g/mol. The van der Waals surface area contributed by atoms with Crippen LogP contribution >= 0.6 is 0 Å². The second kappa shape index (κ2) is 5.99. The fourth-order valence-electron chi connectivity index (χ4n) is 0.987. The first-order valence-corrected chi connectivity index (χ1v) is 5.17. The summed E-state index contributed by atoms with van der Waals surface area (Å²) in [6.07, 6.45) is 5.36. The minimum absolute atomic E-state index is 0.0746. The molecule has 14 heavy (non-hydrogen) atoms. The molecule has 82 valence electrons. The molecule has 3 N–H and O–H groups in total. The molecule has 2 unspecified atom stereocenters. The van der Waals surface area contributed by atoms with Crippen molar-refractivity contribution in [3.05, 3.63) is 24.3 Å². The van der Waals surface area contributed by atoms with E-state index in [2.05, 4.69) is 44.8 Å². The summed E-state index contributed by atoms with van der Waals surface area (Å²) < 4.78 is 0. The van der Waals surface area contributed by atoms with E-state index in [4.69, 9.17) is 5.73 Å². The van der Waals surface area contributed by atoms with Crippen LogP contribution in [0.15, 0.2) is 24.3 Å². The van der Waals surface area contributed by atoms with Crippen molar-refractivity contribution in [2.45, 2.75) is 32.7 Å². The zero-order chi connectivity index (χ0) is 11.2. The highest BCUT2D eigenvalue weighted by atomic mass is 14.9. The Morgan fingerprint density at radius 3 is 2.57 bits per heavy atom. The van der Waals surface area contributed by atoms with Gasteiger partial charge in [-0.1, -0.05) is 31.2 Å². The third kappa shape index (κ3) is 4.58. The molecule has 0 aliphatic carbocycles. The maximum Gasteiger partial charge on any atom is 0.0457 e. The van der Waals surface area contributed by atoms with Gasteiger partial charge >= 0.3 is 0 Å². The van der Waals surface area contributed by atoms with Gasteiger partial charge in [-0.15, -0.1) is 0 Å². The molecule has 0 saturated heterocycles. The Kier molecular flexibility index (Phi) is 5.73. The van der Waals surface area contributed by atoms with Crippen molar-refractivity contribution in [1.29, 1.82) is 0 Å². The van der Waals surface area contributed by atoms with Gasteiger partial charge in [0.1, 0.15) is 0 Å². The van der Waals surface area contributed by atoms with Gasteiger partial charge in [-0.2, -0.15) is 0 Å². The van der Waals surface area contributed by atoms with Gasteiger partial charge in [-0.25, -0.2) is 0 Å². The van der Waals surface area contributed by atoms with E-state index in [1.807, 2.05) is 7.05 Å². The van der Waals surface area contributed by atoms with Crippen LogP contribution in [0.5, 0.6) is 0 Å². The number of nitrogens with one attached hydrogen (secondary N) is 1. The first-order chi connectivity index (χ1) is 6.45. The molecule has 0 aliphatic heterocycles. The van der Waals surface area contributed by atoms with E-state index in [9.17, 15) is 0 Å². The second-order valence-electron chi connectivity index (χ2n) is 4.26. The van der Waals surface area contributed by atoms with Gasteiger partial charge in [0.15, 0.2) is 0 Å². The minimum Gasteiger partial charge on any atom is -0.328 e. The normalized spacial score (nSPS) is 18.1. The molecule has 0 heterocycles. The van der Waals surface area contributed by atoms with Crippen LogP contribution in [0.1, 0.15) is 27.2 Å². The lowest BCUT2D eigenvalue weighted by Gasteiger charge is -2.23. The lowest BCUT2D eigenvalue weighted by atomic mass is 9.97. The Hall–Kier alpha value is -0.600. The molecule has 2 atom stereocenters. The molecule has 0 radical (unpaired) electrons. The molecule has 0 bridgehead atoms. The molecule has 0 saturated carbocycles. The first-order valence-electron chi connectivity index (χ1n) is 5.17. The number of hydrogen-bond acceptors (Lipinski definition) is 2. The van der Waals surface area contributed by atoms with Gasteiger partial charge in [0.05, 0.1) is 0 Å². The van der Waals surface area contributed by atoms with Crippen LogP contribution in [0.25, 0.3) is 0 Å². The number of rotatable bonds is 6. The Bertz CT molecular complexity index is 202. The van der Waals surface area contributed by atoms with Crippen LogP contribution in [-0.4, -0.2) is 19.1 Å². The van der Waals surface area contributed by atoms with Gasteiger partial charge in [0.2, 0.25) is 0 Å². The monoisotopic (exact) mass is 196 g/mol. The molecule has 0 aromatic rings. The van der Waals surface area contributed by atoms with E-state index >= 15 is 0 Å². The van der Waals surface area contributed by atoms with E-state index < -0.39 is 0 Å². The molecule has 0 fully saturated rings. The summed E-state index contributed by atoms with van der Waals surface area (Å²) in [7, 11) is 1.93. The van der Waals surface area contributed by atoms with Gasteiger partial charge in [-0.05, 0) is 33.2 Å². The van der Waals surface area contributed by atoms with Crippen LogP contribution in [0, 0.1) is 5.92 Å². The Balaban J connectivity index is 4.10. The molecule has 2 heteroatoms. The van der Waals surface area contributed by atoms with Crippen molar-refractivity contribution in [2.24, 2.45) is 11.7 Å². The van der Waals surface area contributed by atoms with Gasteiger partial charge < -0.3 is 11.1 Å². The molecule has 0 amide bonds. The van der Waals surface area contributed by atoms with E-state index in [1.54, 1.807) is 0 Å². The van der Waals surface area contributed by atoms with Gasteiger partial charge in [0, 0.05) is 12.1 Å². The van der Waals surface area contributed by atoms with Crippen molar-refractivity contribution >= 4 is 0 Å². The maximum atomic E-state index is 5.66. The summed E-state index contributed by atoms with van der Waals surface area (Å²) in [4.78, 5) is 0. The van der Waals surface area contributed by atoms with Crippen LogP contribution in [0.3, 0.4) is 0 Å². The standard InChI is InChI=1S/C12H24N2/c1-10(2)11(3)7-6-8-12(4,9-13)14-5/h6,8,11,14H,1,7,9,13H2,2-5H3/b8-6-. The summed E-state index contributed by atoms with van der Waals surface area (Å²) in [5.41, 5.74) is 6.82. The Morgan fingerprint density at radius 2 is 2.21 bits per heavy atom. The average molecular weight is 196 g/mol. The third-order valence-corrected chi connectivity index (χ3v) is 2.81. The molecule has 0 aromatic carbocycles. The number of hydrogen-bond donors (Lipinski definition) is 2.